The number of H-pyrrole nitrogens is 1. The molecule has 23 heavy (non-hydrogen) atoms. The highest BCUT2D eigenvalue weighted by Crippen LogP contribution is 2.27. The molecule has 1 aliphatic rings. The molecule has 2 aromatic rings. The zero-order valence-electron chi connectivity index (χ0n) is 12.4. The average molecular weight is 318 g/mol. The third-order valence-corrected chi connectivity index (χ3v) is 3.47. The number of carbonyl (C=O) groups excluding carboxylic acids is 2. The number of halogens is 1. The van der Waals surface area contributed by atoms with Crippen LogP contribution in [-0.2, 0) is 9.53 Å². The zero-order valence-corrected chi connectivity index (χ0v) is 12.4. The minimum absolute atomic E-state index is 0.201. The van der Waals surface area contributed by atoms with Gasteiger partial charge in [-0.1, -0.05) is 0 Å². The van der Waals surface area contributed by atoms with E-state index in [1.807, 2.05) is 0 Å². The van der Waals surface area contributed by atoms with Crippen LogP contribution in [0.4, 0.5) is 14.9 Å². The van der Waals surface area contributed by atoms with Crippen molar-refractivity contribution in [3.05, 3.63) is 36.4 Å². The van der Waals surface area contributed by atoms with Gasteiger partial charge in [0, 0.05) is 19.3 Å². The van der Waals surface area contributed by atoms with E-state index in [9.17, 15) is 14.0 Å². The molecule has 2 heterocycles. The zero-order chi connectivity index (χ0) is 16.4. The van der Waals surface area contributed by atoms with Gasteiger partial charge in [-0.25, -0.2) is 14.2 Å². The molecule has 2 amide bonds. The van der Waals surface area contributed by atoms with Crippen molar-refractivity contribution in [1.82, 2.24) is 15.3 Å². The first-order valence-corrected chi connectivity index (χ1v) is 7.06. The van der Waals surface area contributed by atoms with Gasteiger partial charge in [0.1, 0.15) is 17.7 Å². The van der Waals surface area contributed by atoms with Crippen molar-refractivity contribution in [2.75, 3.05) is 18.0 Å². The molecular weight excluding hydrogens is 303 g/mol. The van der Waals surface area contributed by atoms with E-state index in [4.69, 9.17) is 4.74 Å². The van der Waals surface area contributed by atoms with E-state index < -0.39 is 18.0 Å². The Labute approximate surface area is 131 Å². The summed E-state index contributed by atoms with van der Waals surface area (Å²) >= 11 is 0. The summed E-state index contributed by atoms with van der Waals surface area (Å²) < 4.78 is 19.4. The van der Waals surface area contributed by atoms with Crippen molar-refractivity contribution in [2.24, 2.45) is 0 Å². The maximum absolute atomic E-state index is 14.2. The molecule has 8 heteroatoms. The van der Waals surface area contributed by atoms with Gasteiger partial charge in [0.2, 0.25) is 5.91 Å². The van der Waals surface area contributed by atoms with E-state index in [0.717, 1.165) is 0 Å². The maximum Gasteiger partial charge on any atom is 0.414 e. The summed E-state index contributed by atoms with van der Waals surface area (Å²) in [5, 5.41) is 2.59. The standard InChI is InChI=1S/C15H15FN4O3/c1-9(21)19-7-11-8-20(15(22)23-11)10-2-3-12(13(16)6-10)14-17-4-5-18-14/h2-6,11H,7-8H2,1H3,(H,17,18)(H,19,21)/t11-/m0/s1. The Morgan fingerprint density at radius 2 is 2.39 bits per heavy atom. The highest BCUT2D eigenvalue weighted by Gasteiger charge is 2.32. The van der Waals surface area contributed by atoms with Crippen molar-refractivity contribution < 1.29 is 18.7 Å². The number of carbonyl (C=O) groups is 2. The fourth-order valence-corrected chi connectivity index (χ4v) is 2.37. The minimum atomic E-state index is -0.564. The number of nitrogens with one attached hydrogen (secondary N) is 2. The lowest BCUT2D eigenvalue weighted by Gasteiger charge is -2.14. The first-order valence-electron chi connectivity index (χ1n) is 7.06. The summed E-state index contributed by atoms with van der Waals surface area (Å²) in [7, 11) is 0. The first-order chi connectivity index (χ1) is 11.0. The molecular formula is C15H15FN4O3. The van der Waals surface area contributed by atoms with Crippen LogP contribution in [0.15, 0.2) is 30.6 Å². The van der Waals surface area contributed by atoms with Gasteiger partial charge < -0.3 is 15.0 Å². The Morgan fingerprint density at radius 1 is 1.57 bits per heavy atom. The lowest BCUT2D eigenvalue weighted by Crippen LogP contribution is -2.33. The van der Waals surface area contributed by atoms with Crippen molar-refractivity contribution in [3.63, 3.8) is 0 Å². The Bertz CT molecular complexity index is 732. The molecule has 1 saturated heterocycles. The number of rotatable bonds is 4. The van der Waals surface area contributed by atoms with Gasteiger partial charge in [-0.05, 0) is 18.2 Å². The molecule has 0 saturated carbocycles. The maximum atomic E-state index is 14.2. The second-order valence-electron chi connectivity index (χ2n) is 5.16. The van der Waals surface area contributed by atoms with E-state index >= 15 is 0 Å². The van der Waals surface area contributed by atoms with Crippen LogP contribution in [0.1, 0.15) is 6.92 Å². The van der Waals surface area contributed by atoms with Crippen LogP contribution in [-0.4, -0.2) is 41.2 Å². The molecule has 0 radical (unpaired) electrons. The van der Waals surface area contributed by atoms with Crippen LogP contribution in [0.3, 0.4) is 0 Å². The Morgan fingerprint density at radius 3 is 3.04 bits per heavy atom. The summed E-state index contributed by atoms with van der Waals surface area (Å²) in [5.41, 5.74) is 0.717. The first kappa shape index (κ1) is 15.0. The number of aromatic amines is 1. The topological polar surface area (TPSA) is 87.3 Å². The minimum Gasteiger partial charge on any atom is -0.442 e. The summed E-state index contributed by atoms with van der Waals surface area (Å²) in [4.78, 5) is 31.0. The van der Waals surface area contributed by atoms with Crippen molar-refractivity contribution in [3.8, 4) is 11.4 Å². The lowest BCUT2D eigenvalue weighted by atomic mass is 10.1. The predicted molar refractivity (Wildman–Crippen MR) is 80.3 cm³/mol. The van der Waals surface area contributed by atoms with Crippen LogP contribution in [0, 0.1) is 5.82 Å². The highest BCUT2D eigenvalue weighted by atomic mass is 19.1. The number of aromatic nitrogens is 2. The number of hydrogen-bond acceptors (Lipinski definition) is 4. The summed E-state index contributed by atoms with van der Waals surface area (Å²) in [6.07, 6.45) is 2.12. The number of benzene rings is 1. The molecule has 0 bridgehead atoms. The number of amides is 2. The Balaban J connectivity index is 1.76. The average Bonchev–Trinajstić information content (AvgIpc) is 3.14. The third-order valence-electron chi connectivity index (χ3n) is 3.47. The van der Waals surface area contributed by atoms with Crippen LogP contribution in [0.2, 0.25) is 0 Å². The van der Waals surface area contributed by atoms with Crippen molar-refractivity contribution >= 4 is 17.7 Å². The Kier molecular flexibility index (Phi) is 3.96. The van der Waals surface area contributed by atoms with E-state index in [1.54, 1.807) is 18.3 Å². The summed E-state index contributed by atoms with van der Waals surface area (Å²) in [6.45, 7) is 1.86. The molecule has 1 aromatic heterocycles. The van der Waals surface area contributed by atoms with Gasteiger partial charge in [0.05, 0.1) is 24.3 Å². The quantitative estimate of drug-likeness (QED) is 0.898. The lowest BCUT2D eigenvalue weighted by molar-refractivity contribution is -0.119. The van der Waals surface area contributed by atoms with Gasteiger partial charge >= 0.3 is 6.09 Å². The SMILES string of the molecule is CC(=O)NC[C@H]1CN(c2ccc(-c3ncc[nH]3)c(F)c2)C(=O)O1. The summed E-state index contributed by atoms with van der Waals surface area (Å²) in [6, 6.07) is 4.45. The molecule has 120 valence electrons. The van der Waals surface area contributed by atoms with Crippen LogP contribution in [0.25, 0.3) is 11.4 Å². The van der Waals surface area contributed by atoms with E-state index in [1.165, 1.54) is 24.1 Å². The number of cyclic esters (lactones) is 1. The highest BCUT2D eigenvalue weighted by molar-refractivity contribution is 5.90. The van der Waals surface area contributed by atoms with E-state index in [2.05, 4.69) is 15.3 Å². The monoisotopic (exact) mass is 318 g/mol. The number of imidazole rings is 1. The van der Waals surface area contributed by atoms with Gasteiger partial charge in [0.25, 0.3) is 0 Å². The van der Waals surface area contributed by atoms with Crippen LogP contribution < -0.4 is 10.2 Å². The molecule has 1 fully saturated rings. The largest absolute Gasteiger partial charge is 0.442 e. The van der Waals surface area contributed by atoms with Gasteiger partial charge in [-0.15, -0.1) is 0 Å². The fraction of sp³-hybridized carbons (Fsp3) is 0.267. The number of anilines is 1. The molecule has 0 aliphatic carbocycles. The van der Waals surface area contributed by atoms with Crippen molar-refractivity contribution in [1.29, 1.82) is 0 Å². The molecule has 1 aromatic carbocycles. The molecule has 2 N–H and O–H groups in total. The second-order valence-corrected chi connectivity index (χ2v) is 5.16. The molecule has 0 unspecified atom stereocenters. The molecule has 1 atom stereocenters. The number of nitrogens with zero attached hydrogens (tertiary/aromatic N) is 2. The summed E-state index contributed by atoms with van der Waals surface area (Å²) in [5.74, 6) is -0.273. The number of hydrogen-bond donors (Lipinski definition) is 2. The van der Waals surface area contributed by atoms with E-state index in [-0.39, 0.29) is 19.0 Å². The van der Waals surface area contributed by atoms with Crippen molar-refractivity contribution in [2.45, 2.75) is 13.0 Å². The normalized spacial score (nSPS) is 17.2. The van der Waals surface area contributed by atoms with Crippen LogP contribution >= 0.6 is 0 Å². The third kappa shape index (κ3) is 3.15. The molecule has 0 spiro atoms. The van der Waals surface area contributed by atoms with Gasteiger partial charge in [-0.3, -0.25) is 9.69 Å². The van der Waals surface area contributed by atoms with Gasteiger partial charge in [0.15, 0.2) is 0 Å². The smallest absolute Gasteiger partial charge is 0.414 e. The Hall–Kier alpha value is -2.90. The fourth-order valence-electron chi connectivity index (χ4n) is 2.37. The molecule has 7 nitrogen and oxygen atoms in total. The second kappa shape index (κ2) is 6.07. The van der Waals surface area contributed by atoms with Gasteiger partial charge in [-0.2, -0.15) is 0 Å². The molecule has 1 aliphatic heterocycles. The van der Waals surface area contributed by atoms with E-state index in [0.29, 0.717) is 17.1 Å². The predicted octanol–water partition coefficient (Wildman–Crippen LogP) is 1.68. The van der Waals surface area contributed by atoms with Crippen LogP contribution in [0.5, 0.6) is 0 Å². The number of ether oxygens (including phenoxy) is 1. The molecule has 3 rings (SSSR count).